The average Bonchev–Trinajstić information content (AvgIpc) is 2.75. The summed E-state index contributed by atoms with van der Waals surface area (Å²) in [5.41, 5.74) is 0.383. The van der Waals surface area contributed by atoms with Crippen molar-refractivity contribution in [3.05, 3.63) is 46.6 Å². The predicted molar refractivity (Wildman–Crippen MR) is 74.3 cm³/mol. The van der Waals surface area contributed by atoms with Crippen LogP contribution in [-0.4, -0.2) is 45.8 Å². The molecule has 20 heavy (non-hydrogen) atoms. The molecule has 0 aromatic heterocycles. The molecule has 7 heteroatoms. The van der Waals surface area contributed by atoms with Crippen LogP contribution in [0.1, 0.15) is 10.4 Å². The maximum Gasteiger partial charge on any atom is 0.231 e. The molecule has 1 heterocycles. The maximum absolute atomic E-state index is 12.4. The van der Waals surface area contributed by atoms with Crippen LogP contribution in [0, 0.1) is 0 Å². The third-order valence-electron chi connectivity index (χ3n) is 2.99. The minimum absolute atomic E-state index is 0.0450. The third kappa shape index (κ3) is 2.60. The molecule has 1 atom stereocenters. The van der Waals surface area contributed by atoms with E-state index in [1.807, 2.05) is 0 Å². The van der Waals surface area contributed by atoms with Gasteiger partial charge in [0.25, 0.3) is 0 Å². The van der Waals surface area contributed by atoms with Gasteiger partial charge in [-0.25, -0.2) is 8.42 Å². The minimum atomic E-state index is -3.57. The van der Waals surface area contributed by atoms with E-state index in [1.165, 1.54) is 5.06 Å². The quantitative estimate of drug-likeness (QED) is 0.818. The molecular formula is C13H16N2O4S. The summed E-state index contributed by atoms with van der Waals surface area (Å²) in [7, 11) is -0.399. The van der Waals surface area contributed by atoms with Gasteiger partial charge in [0.05, 0.1) is 0 Å². The topological polar surface area (TPSA) is 75.7 Å². The molecule has 2 rings (SSSR count). The number of Topliss-reactive ketones (excluding diaryl/α,β-unsaturated/α-hetero) is 1. The van der Waals surface area contributed by atoms with Crippen LogP contribution < -0.4 is 5.32 Å². The fraction of sp³-hybridized carbons (Fsp3) is 0.308. The van der Waals surface area contributed by atoms with Gasteiger partial charge in [-0.3, -0.25) is 10.1 Å². The molecule has 0 fully saturated rings. The first-order valence-corrected chi connectivity index (χ1v) is 7.87. The summed E-state index contributed by atoms with van der Waals surface area (Å²) in [5, 5.41) is 4.13. The largest absolute Gasteiger partial charge is 0.399 e. The molecule has 1 N–H and O–H groups in total. The number of nitrogens with zero attached hydrogens (tertiary/aromatic N) is 1. The molecule has 1 aliphatic rings. The molecule has 0 aliphatic carbocycles. The van der Waals surface area contributed by atoms with Gasteiger partial charge in [0, 0.05) is 18.9 Å². The van der Waals surface area contributed by atoms with Crippen molar-refractivity contribution >= 4 is 15.6 Å². The van der Waals surface area contributed by atoms with Gasteiger partial charge in [0.2, 0.25) is 11.5 Å². The Morgan fingerprint density at radius 2 is 1.90 bits per heavy atom. The third-order valence-corrected chi connectivity index (χ3v) is 4.19. The highest BCUT2D eigenvalue weighted by atomic mass is 32.2. The van der Waals surface area contributed by atoms with Crippen molar-refractivity contribution in [2.24, 2.45) is 0 Å². The van der Waals surface area contributed by atoms with Crippen LogP contribution in [0.25, 0.3) is 0 Å². The number of allylic oxidation sites excluding steroid dienone is 1. The normalized spacial score (nSPS) is 20.1. The summed E-state index contributed by atoms with van der Waals surface area (Å²) in [6, 6.07) is 8.43. The lowest BCUT2D eigenvalue weighted by atomic mass is 10.1. The number of rotatable bonds is 4. The first-order valence-electron chi connectivity index (χ1n) is 5.98. The molecule has 1 aliphatic heterocycles. The summed E-state index contributed by atoms with van der Waals surface area (Å²) in [4.78, 5) is 17.7. The summed E-state index contributed by atoms with van der Waals surface area (Å²) in [6.07, 6.45) is 0.390. The highest BCUT2D eigenvalue weighted by molar-refractivity contribution is 7.94. The monoisotopic (exact) mass is 296 g/mol. The van der Waals surface area contributed by atoms with Gasteiger partial charge >= 0.3 is 0 Å². The van der Waals surface area contributed by atoms with Crippen molar-refractivity contribution in [1.82, 2.24) is 10.4 Å². The fourth-order valence-corrected chi connectivity index (χ4v) is 3.23. The van der Waals surface area contributed by atoms with Gasteiger partial charge in [-0.15, -0.1) is 5.06 Å². The lowest BCUT2D eigenvalue weighted by Gasteiger charge is -2.18. The van der Waals surface area contributed by atoms with E-state index in [4.69, 9.17) is 4.84 Å². The van der Waals surface area contributed by atoms with E-state index in [0.717, 1.165) is 6.26 Å². The zero-order chi connectivity index (χ0) is 14.9. The molecule has 0 radical (unpaired) electrons. The van der Waals surface area contributed by atoms with Crippen LogP contribution in [0.4, 0.5) is 0 Å². The van der Waals surface area contributed by atoms with E-state index < -0.39 is 21.8 Å². The molecule has 0 spiro atoms. The number of nitrogens with one attached hydrogen (secondary N) is 1. The Bertz CT molecular complexity index is 652. The van der Waals surface area contributed by atoms with Gasteiger partial charge in [-0.1, -0.05) is 30.3 Å². The SMILES string of the molecule is CNC1C(S(C)(=O)=O)=C(C(=O)c2ccccc2)ON1C. The van der Waals surface area contributed by atoms with Crippen LogP contribution in [0.3, 0.4) is 0 Å². The molecule has 1 aromatic carbocycles. The fourth-order valence-electron chi connectivity index (χ4n) is 2.09. The van der Waals surface area contributed by atoms with E-state index in [0.29, 0.717) is 5.56 Å². The Labute approximate surface area is 117 Å². The minimum Gasteiger partial charge on any atom is -0.399 e. The summed E-state index contributed by atoms with van der Waals surface area (Å²) in [6.45, 7) is 0. The van der Waals surface area contributed by atoms with Gasteiger partial charge in [0.15, 0.2) is 9.84 Å². The van der Waals surface area contributed by atoms with Crippen molar-refractivity contribution in [2.45, 2.75) is 6.17 Å². The number of benzene rings is 1. The number of ketones is 1. The number of hydrogen-bond acceptors (Lipinski definition) is 6. The number of hydrogen-bond donors (Lipinski definition) is 1. The van der Waals surface area contributed by atoms with Crippen molar-refractivity contribution in [3.63, 3.8) is 0 Å². The first-order chi connectivity index (χ1) is 9.36. The Kier molecular flexibility index (Phi) is 3.94. The molecule has 0 saturated heterocycles. The Morgan fingerprint density at radius 1 is 1.30 bits per heavy atom. The van der Waals surface area contributed by atoms with Crippen LogP contribution in [0.2, 0.25) is 0 Å². The lowest BCUT2D eigenvalue weighted by Crippen LogP contribution is -2.39. The number of hydroxylamine groups is 2. The molecule has 0 saturated carbocycles. The molecular weight excluding hydrogens is 280 g/mol. The zero-order valence-corrected chi connectivity index (χ0v) is 12.3. The van der Waals surface area contributed by atoms with Crippen LogP contribution in [0.5, 0.6) is 0 Å². The van der Waals surface area contributed by atoms with Gasteiger partial charge in [0.1, 0.15) is 11.1 Å². The lowest BCUT2D eigenvalue weighted by molar-refractivity contribution is -0.0958. The highest BCUT2D eigenvalue weighted by Crippen LogP contribution is 2.29. The molecule has 108 valence electrons. The van der Waals surface area contributed by atoms with Crippen molar-refractivity contribution < 1.29 is 18.0 Å². The average molecular weight is 296 g/mol. The highest BCUT2D eigenvalue weighted by Gasteiger charge is 2.40. The summed E-state index contributed by atoms with van der Waals surface area (Å²) >= 11 is 0. The number of carbonyl (C=O) groups is 1. The van der Waals surface area contributed by atoms with Crippen LogP contribution >= 0.6 is 0 Å². The Hall–Kier alpha value is -1.70. The maximum atomic E-state index is 12.4. The van der Waals surface area contributed by atoms with Gasteiger partial charge in [-0.2, -0.15) is 0 Å². The Balaban J connectivity index is 2.54. The van der Waals surface area contributed by atoms with Crippen LogP contribution in [0.15, 0.2) is 41.0 Å². The van der Waals surface area contributed by atoms with E-state index in [1.54, 1.807) is 44.4 Å². The summed E-state index contributed by atoms with van der Waals surface area (Å²) < 4.78 is 23.9. The Morgan fingerprint density at radius 3 is 2.40 bits per heavy atom. The smallest absolute Gasteiger partial charge is 0.231 e. The second kappa shape index (κ2) is 5.35. The molecule has 0 bridgehead atoms. The van der Waals surface area contributed by atoms with Crippen molar-refractivity contribution in [3.8, 4) is 0 Å². The van der Waals surface area contributed by atoms with E-state index >= 15 is 0 Å². The van der Waals surface area contributed by atoms with E-state index in [-0.39, 0.29) is 10.7 Å². The molecule has 6 nitrogen and oxygen atoms in total. The standard InChI is InChI=1S/C13H16N2O4S/c1-14-13-12(20(3,17)18)11(19-15(13)2)10(16)9-7-5-4-6-8-9/h4-8,13-14H,1-3H3. The van der Waals surface area contributed by atoms with Crippen molar-refractivity contribution in [2.75, 3.05) is 20.4 Å². The zero-order valence-electron chi connectivity index (χ0n) is 11.5. The van der Waals surface area contributed by atoms with Crippen molar-refractivity contribution in [1.29, 1.82) is 0 Å². The predicted octanol–water partition coefficient (Wildman–Crippen LogP) is 0.548. The summed E-state index contributed by atoms with van der Waals surface area (Å²) in [5.74, 6) is -0.601. The number of likely N-dealkylation sites (N-methyl/N-ethyl adjacent to an activating group) is 2. The molecule has 1 unspecified atom stereocenters. The van der Waals surface area contributed by atoms with E-state index in [2.05, 4.69) is 5.32 Å². The number of sulfone groups is 1. The second-order valence-electron chi connectivity index (χ2n) is 4.49. The van der Waals surface area contributed by atoms with Crippen LogP contribution in [-0.2, 0) is 14.7 Å². The van der Waals surface area contributed by atoms with E-state index in [9.17, 15) is 13.2 Å². The van der Waals surface area contributed by atoms with Gasteiger partial charge < -0.3 is 4.84 Å². The first kappa shape index (κ1) is 14.7. The molecule has 0 amide bonds. The molecule has 1 aromatic rings. The number of carbonyl (C=O) groups excluding carboxylic acids is 1. The van der Waals surface area contributed by atoms with Gasteiger partial charge in [-0.05, 0) is 7.05 Å². The second-order valence-corrected chi connectivity index (χ2v) is 6.47.